The number of hydrogen-bond acceptors (Lipinski definition) is 10. The fourth-order valence-electron chi connectivity index (χ4n) is 3.39. The van der Waals surface area contributed by atoms with Crippen LogP contribution in [0.5, 0.6) is 5.75 Å². The topological polar surface area (TPSA) is 184 Å². The predicted octanol–water partition coefficient (Wildman–Crippen LogP) is 1.88. The molecule has 3 aromatic rings. The van der Waals surface area contributed by atoms with Crippen molar-refractivity contribution >= 4 is 27.4 Å². The van der Waals surface area contributed by atoms with Crippen LogP contribution in [-0.4, -0.2) is 59.6 Å². The van der Waals surface area contributed by atoms with E-state index in [1.54, 1.807) is 12.1 Å². The Kier molecular flexibility index (Phi) is 10.1. The molecule has 1 atom stereocenters. The molecule has 1 radical (unpaired) electrons. The van der Waals surface area contributed by atoms with Gasteiger partial charge in [-0.1, -0.05) is 18.2 Å². The lowest BCUT2D eigenvalue weighted by Crippen LogP contribution is -2.42. The van der Waals surface area contributed by atoms with E-state index in [0.717, 1.165) is 6.42 Å². The molecule has 0 aliphatic rings. The van der Waals surface area contributed by atoms with Gasteiger partial charge in [0.15, 0.2) is 9.84 Å². The number of aromatic nitrogens is 3. The van der Waals surface area contributed by atoms with E-state index < -0.39 is 57.5 Å². The molecule has 3 rings (SSSR count). The number of carbonyl (C=O) groups excluding carboxylic acids is 3. The molecule has 2 amide bonds. The van der Waals surface area contributed by atoms with Crippen molar-refractivity contribution in [2.75, 3.05) is 5.75 Å². The molecule has 1 aromatic carbocycles. The Balaban J connectivity index is 1.66. The van der Waals surface area contributed by atoms with Crippen LogP contribution in [0.1, 0.15) is 35.5 Å². The van der Waals surface area contributed by atoms with Gasteiger partial charge in [-0.2, -0.15) is 8.78 Å². The summed E-state index contributed by atoms with van der Waals surface area (Å²) in [6, 6.07) is 7.40. The summed E-state index contributed by atoms with van der Waals surface area (Å²) in [5, 5.41) is 9.91. The Bertz CT molecular complexity index is 1400. The summed E-state index contributed by atoms with van der Waals surface area (Å²) in [4.78, 5) is 40.6. The Morgan fingerprint density at radius 2 is 1.90 bits per heavy atom. The average molecular weight is 565 g/mol. The van der Waals surface area contributed by atoms with Gasteiger partial charge in [-0.15, -0.1) is 10.2 Å². The maximum Gasteiger partial charge on any atom is 0.387 e. The second kappa shape index (κ2) is 13.5. The SMILES string of the molecule is NC(=O)CCCC(NC(=O)[CH]CS(=O)(=O)Cc1ccccc1OC(F)F)C(=O)c1nnc(-c2cccnc2)o1. The van der Waals surface area contributed by atoms with E-state index in [0.29, 0.717) is 5.56 Å². The highest BCUT2D eigenvalue weighted by molar-refractivity contribution is 7.90. The summed E-state index contributed by atoms with van der Waals surface area (Å²) >= 11 is 0. The van der Waals surface area contributed by atoms with Crippen LogP contribution in [-0.2, 0) is 25.2 Å². The number of rotatable bonds is 15. The second-order valence-corrected chi connectivity index (χ2v) is 10.3. The number of benzene rings is 1. The number of para-hydroxylation sites is 1. The number of nitrogens with one attached hydrogen (secondary N) is 1. The van der Waals surface area contributed by atoms with Gasteiger partial charge in [0.2, 0.25) is 23.5 Å². The molecular formula is C24H24F2N5O7S. The Labute approximate surface area is 221 Å². The van der Waals surface area contributed by atoms with Gasteiger partial charge in [-0.3, -0.25) is 19.4 Å². The Morgan fingerprint density at radius 1 is 1.13 bits per heavy atom. The van der Waals surface area contributed by atoms with Crippen LogP contribution in [0.3, 0.4) is 0 Å². The minimum Gasteiger partial charge on any atom is -0.435 e. The summed E-state index contributed by atoms with van der Waals surface area (Å²) in [7, 11) is -3.99. The summed E-state index contributed by atoms with van der Waals surface area (Å²) in [6.07, 6.45) is 3.81. The molecule has 0 fully saturated rings. The van der Waals surface area contributed by atoms with E-state index in [1.165, 1.54) is 36.7 Å². The second-order valence-electron chi connectivity index (χ2n) is 8.18. The van der Waals surface area contributed by atoms with E-state index in [2.05, 4.69) is 25.2 Å². The molecule has 39 heavy (non-hydrogen) atoms. The first kappa shape index (κ1) is 29.3. The summed E-state index contributed by atoms with van der Waals surface area (Å²) in [5.41, 5.74) is 5.60. The third kappa shape index (κ3) is 9.21. The van der Waals surface area contributed by atoms with Crippen LogP contribution < -0.4 is 15.8 Å². The van der Waals surface area contributed by atoms with Crippen molar-refractivity contribution in [3.05, 3.63) is 66.7 Å². The number of primary amides is 1. The molecular weight excluding hydrogens is 540 g/mol. The number of hydrogen-bond donors (Lipinski definition) is 2. The number of halogens is 2. The molecule has 0 bridgehead atoms. The van der Waals surface area contributed by atoms with E-state index in [-0.39, 0.29) is 36.5 Å². The lowest BCUT2D eigenvalue weighted by molar-refractivity contribution is -0.118. The number of Topliss-reactive ketones (excluding diaryl/α,β-unsaturated/α-hetero) is 1. The highest BCUT2D eigenvalue weighted by atomic mass is 32.2. The van der Waals surface area contributed by atoms with Crippen LogP contribution in [0.4, 0.5) is 8.78 Å². The van der Waals surface area contributed by atoms with Crippen LogP contribution in [0.2, 0.25) is 0 Å². The van der Waals surface area contributed by atoms with E-state index in [9.17, 15) is 31.6 Å². The molecule has 2 aromatic heterocycles. The average Bonchev–Trinajstić information content (AvgIpc) is 3.38. The standard InChI is InChI=1S/C24H24F2N5O7S/c25-24(26)37-18-8-2-1-5-16(18)14-39(35,36)12-10-20(33)29-17(7-3-9-19(27)32)21(34)23-31-30-22(38-23)15-6-4-11-28-13-15/h1-2,4-6,8,10-11,13,17,24H,3,7,9,12,14H2,(H2,27,32)(H,29,33). The monoisotopic (exact) mass is 564 g/mol. The van der Waals surface area contributed by atoms with Gasteiger partial charge in [0, 0.05) is 24.4 Å². The van der Waals surface area contributed by atoms with Crippen molar-refractivity contribution in [2.45, 2.75) is 37.7 Å². The predicted molar refractivity (Wildman–Crippen MR) is 132 cm³/mol. The molecule has 3 N–H and O–H groups in total. The zero-order valence-corrected chi connectivity index (χ0v) is 21.1. The first-order chi connectivity index (χ1) is 18.5. The number of alkyl halides is 2. The van der Waals surface area contributed by atoms with Gasteiger partial charge < -0.3 is 20.2 Å². The van der Waals surface area contributed by atoms with Gasteiger partial charge in [-0.05, 0) is 31.0 Å². The van der Waals surface area contributed by atoms with Crippen molar-refractivity contribution < 1.29 is 40.7 Å². The zero-order chi connectivity index (χ0) is 28.4. The van der Waals surface area contributed by atoms with Gasteiger partial charge in [0.05, 0.1) is 29.5 Å². The van der Waals surface area contributed by atoms with Crippen molar-refractivity contribution in [3.8, 4) is 17.2 Å². The summed E-state index contributed by atoms with van der Waals surface area (Å²) in [6.45, 7) is -3.14. The number of sulfone groups is 1. The van der Waals surface area contributed by atoms with Gasteiger partial charge in [0.25, 0.3) is 5.89 Å². The van der Waals surface area contributed by atoms with Crippen LogP contribution in [0.25, 0.3) is 11.5 Å². The van der Waals surface area contributed by atoms with E-state index in [4.69, 9.17) is 10.2 Å². The Hall–Kier alpha value is -4.27. The highest BCUT2D eigenvalue weighted by Gasteiger charge is 2.28. The maximum atomic E-state index is 13.0. The van der Waals surface area contributed by atoms with Gasteiger partial charge >= 0.3 is 6.61 Å². The first-order valence-corrected chi connectivity index (χ1v) is 13.3. The molecule has 207 valence electrons. The maximum absolute atomic E-state index is 13.0. The number of carbonyl (C=O) groups is 3. The molecule has 0 aliphatic heterocycles. The lowest BCUT2D eigenvalue weighted by Gasteiger charge is -2.16. The van der Waals surface area contributed by atoms with Crippen LogP contribution in [0.15, 0.2) is 53.2 Å². The van der Waals surface area contributed by atoms with Crippen molar-refractivity contribution in [3.63, 3.8) is 0 Å². The molecule has 0 aliphatic carbocycles. The fourth-order valence-corrected chi connectivity index (χ4v) is 4.63. The number of nitrogens with two attached hydrogens (primary N) is 1. The smallest absolute Gasteiger partial charge is 0.387 e. The minimum atomic E-state index is -3.99. The minimum absolute atomic E-state index is 0.00747. The molecule has 1 unspecified atom stereocenters. The number of pyridine rings is 1. The number of ether oxygens (including phenoxy) is 1. The molecule has 0 saturated carbocycles. The van der Waals surface area contributed by atoms with Crippen LogP contribution >= 0.6 is 0 Å². The van der Waals surface area contributed by atoms with Gasteiger partial charge in [-0.25, -0.2) is 8.42 Å². The molecule has 12 nitrogen and oxygen atoms in total. The summed E-state index contributed by atoms with van der Waals surface area (Å²) < 4.78 is 60.1. The quantitative estimate of drug-likeness (QED) is 0.258. The zero-order valence-electron chi connectivity index (χ0n) is 20.3. The van der Waals surface area contributed by atoms with Crippen LogP contribution in [0, 0.1) is 6.42 Å². The third-order valence-corrected chi connectivity index (χ3v) is 6.61. The van der Waals surface area contributed by atoms with Crippen molar-refractivity contribution in [2.24, 2.45) is 5.73 Å². The van der Waals surface area contributed by atoms with Gasteiger partial charge in [0.1, 0.15) is 5.75 Å². The van der Waals surface area contributed by atoms with E-state index >= 15 is 0 Å². The largest absolute Gasteiger partial charge is 0.435 e. The first-order valence-electron chi connectivity index (χ1n) is 11.5. The normalized spacial score (nSPS) is 12.2. The highest BCUT2D eigenvalue weighted by Crippen LogP contribution is 2.23. The molecule has 0 saturated heterocycles. The van der Waals surface area contributed by atoms with Crippen molar-refractivity contribution in [1.29, 1.82) is 0 Å². The van der Waals surface area contributed by atoms with Crippen molar-refractivity contribution in [1.82, 2.24) is 20.5 Å². The third-order valence-electron chi connectivity index (χ3n) is 5.18. The fraction of sp³-hybridized carbons (Fsp3) is 0.292. The number of nitrogens with zero attached hydrogens (tertiary/aromatic N) is 3. The number of amides is 2. The Morgan fingerprint density at radius 3 is 2.59 bits per heavy atom. The molecule has 2 heterocycles. The molecule has 0 spiro atoms. The lowest BCUT2D eigenvalue weighted by atomic mass is 10.0. The summed E-state index contributed by atoms with van der Waals surface area (Å²) in [5.74, 6) is -4.40. The molecule has 15 heteroatoms. The number of ketones is 1. The van der Waals surface area contributed by atoms with E-state index in [1.807, 2.05) is 0 Å².